The smallest absolute Gasteiger partial charge is 0.0197 e. The number of rotatable bonds is 28. The summed E-state index contributed by atoms with van der Waals surface area (Å²) in [4.78, 5) is 0. The SMILES string of the molecule is CCCCCCC1(CCCCCC)C2CCCCC2C2CCC(/C(=C\C3CCC(C)CC3)C3CCC(C4C5CCCCC5C(C5CCC(/C(=C/C6CCC(C)CC6)C6CCC7C8CCCCC8C(CCCCCC)(CCCCCC)C7C6)CC5)C5CCCCC54)CC3)CC21. The van der Waals surface area contributed by atoms with E-state index in [1.807, 2.05) is 0 Å². The standard InChI is InChI=1S/C94H160/c1-7-11-15-27-59-93(60-28-16-12-8-2)87-37-25-23-31-77(87)79-57-55-75(65-89(79)93)85(63-69-43-39-67(5)40-44-69)71-47-51-73(52-48-71)91-81-33-19-21-35-83(81)92(84-36-22-20-34-82(84)91)74-53-49-72(50-54-74)86(64-70-45-41-68(6)42-46-70)76-56-58-80-78-32-24-26-38-88(78)94(90(80)66-76,61-29-17-13-9-3)62-30-18-14-10-4/h63-64,67-84,87-92H,7-62,65-66H2,1-6H3/b85-63-,86-64-. The molecule has 94 heavy (non-hydrogen) atoms. The maximum Gasteiger partial charge on any atom is -0.0197 e. The summed E-state index contributed by atoms with van der Waals surface area (Å²) in [6, 6.07) is 0. The third kappa shape index (κ3) is 15.8. The highest BCUT2D eigenvalue weighted by atomic mass is 14.7. The molecule has 0 aliphatic heterocycles. The van der Waals surface area contributed by atoms with Crippen LogP contribution in [0.3, 0.4) is 0 Å². The van der Waals surface area contributed by atoms with Crippen molar-refractivity contribution in [2.45, 2.75) is 414 Å². The molecule has 0 aromatic carbocycles. The lowest BCUT2D eigenvalue weighted by atomic mass is 9.45. The second-order valence-electron chi connectivity index (χ2n) is 39.4. The zero-order valence-corrected chi connectivity index (χ0v) is 64.0. The predicted molar refractivity (Wildman–Crippen MR) is 407 cm³/mol. The van der Waals surface area contributed by atoms with E-state index < -0.39 is 0 Å². The summed E-state index contributed by atoms with van der Waals surface area (Å²) >= 11 is 0. The van der Waals surface area contributed by atoms with Crippen LogP contribution in [-0.2, 0) is 0 Å². The molecule has 0 aromatic heterocycles. The molecule has 0 bridgehead atoms. The fourth-order valence-electron chi connectivity index (χ4n) is 30.6. The molecule has 14 unspecified atom stereocenters. The van der Waals surface area contributed by atoms with E-state index in [0.717, 1.165) is 142 Å². The first-order valence-corrected chi connectivity index (χ1v) is 45.7. The van der Waals surface area contributed by atoms with Crippen LogP contribution < -0.4 is 0 Å². The van der Waals surface area contributed by atoms with Crippen LogP contribution in [0.2, 0.25) is 0 Å². The molecule has 0 nitrogen and oxygen atoms in total. The molecule has 536 valence electrons. The first kappa shape index (κ1) is 71.9. The highest BCUT2D eigenvalue weighted by Gasteiger charge is 2.63. The molecular weight excluding hydrogens is 1130 g/mol. The lowest BCUT2D eigenvalue weighted by Gasteiger charge is -2.60. The van der Waals surface area contributed by atoms with Gasteiger partial charge in [0.2, 0.25) is 0 Å². The van der Waals surface area contributed by atoms with Gasteiger partial charge in [-0.15, -0.1) is 0 Å². The van der Waals surface area contributed by atoms with Gasteiger partial charge >= 0.3 is 0 Å². The van der Waals surface area contributed by atoms with Gasteiger partial charge in [0, 0.05) is 0 Å². The maximum absolute atomic E-state index is 3.15. The second kappa shape index (κ2) is 34.6. The molecule has 13 fully saturated rings. The van der Waals surface area contributed by atoms with E-state index in [1.54, 1.807) is 218 Å². The Kier molecular flexibility index (Phi) is 26.5. The van der Waals surface area contributed by atoms with Crippen LogP contribution in [0.5, 0.6) is 0 Å². The Balaban J connectivity index is 0.716. The average molecular weight is 1290 g/mol. The van der Waals surface area contributed by atoms with Crippen LogP contribution in [0, 0.1) is 153 Å². The van der Waals surface area contributed by atoms with Crippen LogP contribution in [0.15, 0.2) is 23.3 Å². The summed E-state index contributed by atoms with van der Waals surface area (Å²) in [6.45, 7) is 15.0. The van der Waals surface area contributed by atoms with Gasteiger partial charge in [-0.2, -0.15) is 0 Å². The topological polar surface area (TPSA) is 0 Å². The maximum atomic E-state index is 3.15. The van der Waals surface area contributed by atoms with E-state index in [1.165, 1.54) is 154 Å². The van der Waals surface area contributed by atoms with Crippen molar-refractivity contribution in [3.8, 4) is 0 Å². The van der Waals surface area contributed by atoms with Gasteiger partial charge < -0.3 is 0 Å². The number of unbranched alkanes of at least 4 members (excludes halogenated alkanes) is 12. The van der Waals surface area contributed by atoms with E-state index in [0.29, 0.717) is 10.8 Å². The largest absolute Gasteiger partial charge is 0.0817 e. The van der Waals surface area contributed by atoms with Crippen molar-refractivity contribution in [2.75, 3.05) is 0 Å². The molecule has 13 aliphatic rings. The number of fused-ring (bicyclic) bond motifs is 8. The molecule has 13 aliphatic carbocycles. The van der Waals surface area contributed by atoms with Gasteiger partial charge in [0.25, 0.3) is 0 Å². The Morgan fingerprint density at radius 2 is 0.553 bits per heavy atom. The van der Waals surface area contributed by atoms with Gasteiger partial charge in [-0.3, -0.25) is 0 Å². The molecule has 0 amide bonds. The van der Waals surface area contributed by atoms with Gasteiger partial charge in [-0.25, -0.2) is 0 Å². The predicted octanol–water partition coefficient (Wildman–Crippen LogP) is 29.5. The fraction of sp³-hybridized carbons (Fsp3) is 0.957. The summed E-state index contributed by atoms with van der Waals surface area (Å²) in [5.41, 5.74) is 5.59. The average Bonchev–Trinajstić information content (AvgIpc) is 1.53. The second-order valence-corrected chi connectivity index (χ2v) is 39.4. The lowest BCUT2D eigenvalue weighted by Crippen LogP contribution is -2.53. The van der Waals surface area contributed by atoms with E-state index in [2.05, 4.69) is 64.8 Å². The lowest BCUT2D eigenvalue weighted by molar-refractivity contribution is -0.113. The molecule has 13 rings (SSSR count). The van der Waals surface area contributed by atoms with Crippen molar-refractivity contribution in [3.63, 3.8) is 0 Å². The van der Waals surface area contributed by atoms with Crippen molar-refractivity contribution in [2.24, 2.45) is 153 Å². The van der Waals surface area contributed by atoms with Crippen molar-refractivity contribution in [1.29, 1.82) is 0 Å². The highest BCUT2D eigenvalue weighted by molar-refractivity contribution is 5.22. The van der Waals surface area contributed by atoms with Crippen LogP contribution in [0.25, 0.3) is 0 Å². The van der Waals surface area contributed by atoms with Gasteiger partial charge in [0.1, 0.15) is 0 Å². The Labute approximate surface area is 586 Å². The molecule has 0 heterocycles. The number of hydrogen-bond acceptors (Lipinski definition) is 0. The third-order valence-corrected chi connectivity index (χ3v) is 34.7. The van der Waals surface area contributed by atoms with Gasteiger partial charge in [-0.05, 0) is 345 Å². The summed E-state index contributed by atoms with van der Waals surface area (Å²) in [6.07, 6.45) is 96.0. The third-order valence-electron chi connectivity index (χ3n) is 34.7. The van der Waals surface area contributed by atoms with Gasteiger partial charge in [-0.1, -0.05) is 245 Å². The number of allylic oxidation sites excluding steroid dienone is 4. The summed E-state index contributed by atoms with van der Waals surface area (Å²) < 4.78 is 0. The Morgan fingerprint density at radius 1 is 0.266 bits per heavy atom. The molecule has 0 spiro atoms. The van der Waals surface area contributed by atoms with E-state index >= 15 is 0 Å². The van der Waals surface area contributed by atoms with E-state index in [9.17, 15) is 0 Å². The summed E-state index contributed by atoms with van der Waals surface area (Å²) in [7, 11) is 0. The monoisotopic (exact) mass is 1290 g/mol. The van der Waals surface area contributed by atoms with Crippen LogP contribution in [0.4, 0.5) is 0 Å². The van der Waals surface area contributed by atoms with Gasteiger partial charge in [0.15, 0.2) is 0 Å². The first-order valence-electron chi connectivity index (χ1n) is 45.7. The van der Waals surface area contributed by atoms with Crippen molar-refractivity contribution < 1.29 is 0 Å². The van der Waals surface area contributed by atoms with Crippen LogP contribution in [0.1, 0.15) is 414 Å². The zero-order valence-electron chi connectivity index (χ0n) is 64.0. The molecule has 0 heteroatoms. The van der Waals surface area contributed by atoms with E-state index in [4.69, 9.17) is 0 Å². The fourth-order valence-corrected chi connectivity index (χ4v) is 30.6. The minimum absolute atomic E-state index is 0.666. The molecular formula is C94H160. The van der Waals surface area contributed by atoms with Crippen molar-refractivity contribution >= 4 is 0 Å². The molecule has 0 aromatic rings. The van der Waals surface area contributed by atoms with Gasteiger partial charge in [0.05, 0.1) is 0 Å². The van der Waals surface area contributed by atoms with Crippen molar-refractivity contribution in [1.82, 2.24) is 0 Å². The Bertz CT molecular complexity index is 2050. The quantitative estimate of drug-likeness (QED) is 0.0541. The Morgan fingerprint density at radius 3 is 0.872 bits per heavy atom. The molecule has 13 saturated carbocycles. The molecule has 0 N–H and O–H groups in total. The normalized spacial score (nSPS) is 43.2. The van der Waals surface area contributed by atoms with Crippen LogP contribution in [-0.4, -0.2) is 0 Å². The zero-order chi connectivity index (χ0) is 64.4. The summed E-state index contributed by atoms with van der Waals surface area (Å²) in [5, 5.41) is 0. The Hall–Kier alpha value is -0.520. The summed E-state index contributed by atoms with van der Waals surface area (Å²) in [5.74, 6) is 24.3. The number of hydrogen-bond donors (Lipinski definition) is 0. The van der Waals surface area contributed by atoms with E-state index in [-0.39, 0.29) is 0 Å². The molecule has 0 radical (unpaired) electrons. The van der Waals surface area contributed by atoms with Crippen LogP contribution >= 0.6 is 0 Å². The molecule has 0 saturated heterocycles. The first-order chi connectivity index (χ1) is 46.2. The van der Waals surface area contributed by atoms with Crippen molar-refractivity contribution in [3.05, 3.63) is 23.3 Å². The molecule has 14 atom stereocenters. The minimum atomic E-state index is 0.666. The highest BCUT2D eigenvalue weighted by Crippen LogP contribution is 2.71. The minimum Gasteiger partial charge on any atom is -0.0817 e.